The second-order valence-electron chi connectivity index (χ2n) is 3.80. The highest BCUT2D eigenvalue weighted by Crippen LogP contribution is 2.32. The maximum Gasteiger partial charge on any atom is 0.402 e. The lowest BCUT2D eigenvalue weighted by Crippen LogP contribution is -2.40. The van der Waals surface area contributed by atoms with E-state index >= 15 is 0 Å². The molecule has 0 aliphatic rings. The van der Waals surface area contributed by atoms with Crippen LogP contribution in [0.2, 0.25) is 0 Å². The van der Waals surface area contributed by atoms with Gasteiger partial charge in [-0.1, -0.05) is 21.1 Å². The molecule has 7 nitrogen and oxygen atoms in total. The highest BCUT2D eigenvalue weighted by molar-refractivity contribution is 9.10. The summed E-state index contributed by atoms with van der Waals surface area (Å²) in [6.07, 6.45) is -4.82. The number of halogens is 4. The molecule has 0 fully saturated rings. The Morgan fingerprint density at radius 3 is 2.67 bits per heavy atom. The molecule has 0 saturated carbocycles. The van der Waals surface area contributed by atoms with E-state index in [9.17, 15) is 23.3 Å². The van der Waals surface area contributed by atoms with Crippen molar-refractivity contribution in [1.82, 2.24) is 0 Å². The van der Waals surface area contributed by atoms with Gasteiger partial charge < -0.3 is 15.7 Å². The molecule has 1 aromatic carbocycles. The second-order valence-corrected chi connectivity index (χ2v) is 4.71. The third-order valence-electron chi connectivity index (χ3n) is 2.39. The summed E-state index contributed by atoms with van der Waals surface area (Å²) >= 11 is 3.00. The number of rotatable bonds is 5. The Morgan fingerprint density at radius 1 is 1.57 bits per heavy atom. The molecule has 3 N–H and O–H groups in total. The highest BCUT2D eigenvalue weighted by atomic mass is 79.9. The third kappa shape index (κ3) is 4.48. The fourth-order valence-electron chi connectivity index (χ4n) is 1.35. The summed E-state index contributed by atoms with van der Waals surface area (Å²) < 4.78 is 43.2. The van der Waals surface area contributed by atoms with Gasteiger partial charge in [0.15, 0.2) is 11.6 Å². The standard InChI is InChI=1S/C10H9BrF3N3O4/c11-5-1-2-8(7(3-5)17(19)20)21-4-6(9(15)16-18)10(12,13)14/h1-3,6,18H,4H2,(H2,15,16). The number of hydrogen-bond donors (Lipinski definition) is 2. The van der Waals surface area contributed by atoms with Crippen LogP contribution >= 0.6 is 15.9 Å². The number of oxime groups is 1. The van der Waals surface area contributed by atoms with Gasteiger partial charge in [0, 0.05) is 10.5 Å². The van der Waals surface area contributed by atoms with Gasteiger partial charge in [0.1, 0.15) is 12.5 Å². The minimum atomic E-state index is -4.82. The van der Waals surface area contributed by atoms with Gasteiger partial charge in [-0.05, 0) is 12.1 Å². The number of nitrogens with two attached hydrogens (primary N) is 1. The van der Waals surface area contributed by atoms with Gasteiger partial charge in [-0.15, -0.1) is 0 Å². The molecule has 1 aromatic rings. The van der Waals surface area contributed by atoms with Crippen molar-refractivity contribution in [3.05, 3.63) is 32.8 Å². The Labute approximate surface area is 124 Å². The summed E-state index contributed by atoms with van der Waals surface area (Å²) in [6, 6.07) is 3.60. The molecule has 0 heterocycles. The molecule has 21 heavy (non-hydrogen) atoms. The first kappa shape index (κ1) is 17.0. The van der Waals surface area contributed by atoms with Crippen molar-refractivity contribution < 1.29 is 28.0 Å². The van der Waals surface area contributed by atoms with E-state index in [-0.39, 0.29) is 5.75 Å². The number of nitro benzene ring substituents is 1. The summed E-state index contributed by atoms with van der Waals surface area (Å²) in [5, 5.41) is 21.4. The van der Waals surface area contributed by atoms with E-state index in [4.69, 9.17) is 15.7 Å². The van der Waals surface area contributed by atoms with E-state index in [2.05, 4.69) is 21.1 Å². The lowest BCUT2D eigenvalue weighted by atomic mass is 10.1. The number of hydrogen-bond acceptors (Lipinski definition) is 5. The SMILES string of the molecule is N/C(=N/O)C(COc1ccc(Br)cc1[N+](=O)[O-])C(F)(F)F. The Hall–Kier alpha value is -2.04. The molecule has 0 aliphatic carbocycles. The zero-order valence-corrected chi connectivity index (χ0v) is 11.8. The van der Waals surface area contributed by atoms with Crippen LogP contribution in [0.5, 0.6) is 5.75 Å². The van der Waals surface area contributed by atoms with Gasteiger partial charge in [-0.2, -0.15) is 13.2 Å². The molecule has 11 heteroatoms. The zero-order chi connectivity index (χ0) is 16.2. The lowest BCUT2D eigenvalue weighted by molar-refractivity contribution is -0.386. The van der Waals surface area contributed by atoms with Gasteiger partial charge in [-0.25, -0.2) is 0 Å². The van der Waals surface area contributed by atoms with Gasteiger partial charge in [0.05, 0.1) is 4.92 Å². The van der Waals surface area contributed by atoms with Crippen LogP contribution < -0.4 is 10.5 Å². The average molecular weight is 372 g/mol. The second kappa shape index (κ2) is 6.61. The van der Waals surface area contributed by atoms with Crippen LogP contribution in [0.4, 0.5) is 18.9 Å². The Balaban J connectivity index is 2.99. The van der Waals surface area contributed by atoms with Gasteiger partial charge in [-0.3, -0.25) is 10.1 Å². The summed E-state index contributed by atoms with van der Waals surface area (Å²) in [7, 11) is 0. The lowest BCUT2D eigenvalue weighted by Gasteiger charge is -2.19. The predicted molar refractivity (Wildman–Crippen MR) is 69.2 cm³/mol. The number of amidine groups is 1. The van der Waals surface area contributed by atoms with Crippen LogP contribution in [0.15, 0.2) is 27.8 Å². The molecule has 1 unspecified atom stereocenters. The van der Waals surface area contributed by atoms with E-state index in [0.717, 1.165) is 12.1 Å². The molecule has 0 amide bonds. The Morgan fingerprint density at radius 2 is 2.19 bits per heavy atom. The molecule has 0 aromatic heterocycles. The Kier molecular flexibility index (Phi) is 5.35. The summed E-state index contributed by atoms with van der Waals surface area (Å²) in [4.78, 5) is 10.0. The van der Waals surface area contributed by atoms with E-state index in [0.29, 0.717) is 4.47 Å². The third-order valence-corrected chi connectivity index (χ3v) is 2.88. The van der Waals surface area contributed by atoms with E-state index in [1.54, 1.807) is 0 Å². The smallest absolute Gasteiger partial charge is 0.402 e. The first-order chi connectivity index (χ1) is 9.66. The average Bonchev–Trinajstić information content (AvgIpc) is 2.38. The van der Waals surface area contributed by atoms with E-state index < -0.39 is 35.1 Å². The van der Waals surface area contributed by atoms with E-state index in [1.165, 1.54) is 6.07 Å². The predicted octanol–water partition coefficient (Wildman–Crippen LogP) is 2.66. The molecule has 0 saturated heterocycles. The number of ether oxygens (including phenoxy) is 1. The van der Waals surface area contributed by atoms with Crippen molar-refractivity contribution in [3.8, 4) is 5.75 Å². The largest absolute Gasteiger partial charge is 0.486 e. The van der Waals surface area contributed by atoms with Gasteiger partial charge in [0.25, 0.3) is 0 Å². The highest BCUT2D eigenvalue weighted by Gasteiger charge is 2.43. The summed E-state index contributed by atoms with van der Waals surface area (Å²) in [5.41, 5.74) is 4.44. The van der Waals surface area contributed by atoms with Crippen molar-refractivity contribution >= 4 is 27.5 Å². The van der Waals surface area contributed by atoms with Crippen LogP contribution in [-0.4, -0.2) is 28.7 Å². The maximum atomic E-state index is 12.7. The molecule has 116 valence electrons. The van der Waals surface area contributed by atoms with Crippen molar-refractivity contribution in [3.63, 3.8) is 0 Å². The van der Waals surface area contributed by atoms with Crippen molar-refractivity contribution in [1.29, 1.82) is 0 Å². The molecule has 1 atom stereocenters. The maximum absolute atomic E-state index is 12.7. The monoisotopic (exact) mass is 371 g/mol. The fraction of sp³-hybridized carbons (Fsp3) is 0.300. The molecule has 0 radical (unpaired) electrons. The first-order valence-corrected chi connectivity index (χ1v) is 6.07. The van der Waals surface area contributed by atoms with Gasteiger partial charge in [0.2, 0.25) is 0 Å². The molecule has 1 rings (SSSR count). The number of nitro groups is 1. The fourth-order valence-corrected chi connectivity index (χ4v) is 1.69. The summed E-state index contributed by atoms with van der Waals surface area (Å²) in [5.74, 6) is -3.84. The molecule has 0 bridgehead atoms. The van der Waals surface area contributed by atoms with Crippen molar-refractivity contribution in [2.24, 2.45) is 16.8 Å². The van der Waals surface area contributed by atoms with Crippen LogP contribution in [-0.2, 0) is 0 Å². The quantitative estimate of drug-likeness (QED) is 0.271. The number of benzene rings is 1. The molecule has 0 spiro atoms. The topological polar surface area (TPSA) is 111 Å². The number of nitrogens with zero attached hydrogens (tertiary/aromatic N) is 2. The molecule has 0 aliphatic heterocycles. The number of alkyl halides is 3. The van der Waals surface area contributed by atoms with E-state index in [1.807, 2.05) is 0 Å². The van der Waals surface area contributed by atoms with Crippen LogP contribution in [0, 0.1) is 16.0 Å². The minimum Gasteiger partial charge on any atom is -0.486 e. The van der Waals surface area contributed by atoms with Crippen molar-refractivity contribution in [2.75, 3.05) is 6.61 Å². The summed E-state index contributed by atoms with van der Waals surface area (Å²) in [6.45, 7) is -1.05. The normalized spacial score (nSPS) is 13.8. The minimum absolute atomic E-state index is 0.358. The van der Waals surface area contributed by atoms with Crippen molar-refractivity contribution in [2.45, 2.75) is 6.18 Å². The van der Waals surface area contributed by atoms with Crippen LogP contribution in [0.25, 0.3) is 0 Å². The molecular weight excluding hydrogens is 363 g/mol. The zero-order valence-electron chi connectivity index (χ0n) is 10.2. The first-order valence-electron chi connectivity index (χ1n) is 5.27. The van der Waals surface area contributed by atoms with Crippen LogP contribution in [0.3, 0.4) is 0 Å². The van der Waals surface area contributed by atoms with Gasteiger partial charge >= 0.3 is 11.9 Å². The molecular formula is C10H9BrF3N3O4. The Bertz CT molecular complexity index is 565. The van der Waals surface area contributed by atoms with Crippen LogP contribution in [0.1, 0.15) is 0 Å².